The van der Waals surface area contributed by atoms with E-state index in [0.717, 1.165) is 0 Å². The number of carboxylic acid groups (broad SMARTS) is 2. The fourth-order valence-electron chi connectivity index (χ4n) is 0. The van der Waals surface area contributed by atoms with Crippen LogP contribution in [-0.2, 0) is 29.1 Å². The molecule has 0 radical (unpaired) electrons. The number of rotatable bonds is 0. The van der Waals surface area contributed by atoms with Gasteiger partial charge in [0.2, 0.25) is 0 Å². The van der Waals surface area contributed by atoms with Crippen molar-refractivity contribution in [3.8, 4) is 24.7 Å². The molecule has 0 bridgehead atoms. The minimum Gasteiger partial charge on any atom is -0.472 e. The second-order valence-electron chi connectivity index (χ2n) is 0.899. The number of hydrogen-bond donors (Lipinski definition) is 2. The first-order valence-electron chi connectivity index (χ1n) is 1.93. The second-order valence-corrected chi connectivity index (χ2v) is 0.899. The molecule has 0 aliphatic heterocycles. The molecular formula is C6H4O4Zn. The number of hydrogen-bond acceptors (Lipinski definition) is 2. The van der Waals surface area contributed by atoms with Crippen molar-refractivity contribution in [2.75, 3.05) is 0 Å². The maximum Gasteiger partial charge on any atom is 0.381 e. The zero-order valence-electron chi connectivity index (χ0n) is 5.57. The van der Waals surface area contributed by atoms with Crippen LogP contribution >= 0.6 is 0 Å². The van der Waals surface area contributed by atoms with E-state index in [1.165, 1.54) is 11.8 Å². The zero-order chi connectivity index (χ0) is 8.57. The maximum absolute atomic E-state index is 9.13. The summed E-state index contributed by atoms with van der Waals surface area (Å²) in [5.74, 6) is 0.454. The minimum absolute atomic E-state index is 0. The van der Waals surface area contributed by atoms with E-state index in [1.54, 1.807) is 0 Å². The van der Waals surface area contributed by atoms with Crippen LogP contribution in [0.15, 0.2) is 0 Å². The summed E-state index contributed by atoms with van der Waals surface area (Å²) in [6.45, 7) is 0. The summed E-state index contributed by atoms with van der Waals surface area (Å²) >= 11 is 0. The van der Waals surface area contributed by atoms with Gasteiger partial charge in [-0.1, -0.05) is 0 Å². The Kier molecular flexibility index (Phi) is 17.1. The van der Waals surface area contributed by atoms with Crippen molar-refractivity contribution in [1.82, 2.24) is 0 Å². The van der Waals surface area contributed by atoms with Gasteiger partial charge in [-0.25, -0.2) is 9.59 Å². The van der Waals surface area contributed by atoms with Gasteiger partial charge < -0.3 is 10.2 Å². The van der Waals surface area contributed by atoms with E-state index < -0.39 is 11.9 Å². The van der Waals surface area contributed by atoms with Crippen molar-refractivity contribution in [3.05, 3.63) is 0 Å². The summed E-state index contributed by atoms with van der Waals surface area (Å²) in [6.07, 6.45) is 8.64. The van der Waals surface area contributed by atoms with Crippen LogP contribution in [0.25, 0.3) is 0 Å². The van der Waals surface area contributed by atoms with Gasteiger partial charge in [-0.2, -0.15) is 0 Å². The normalized spacial score (nSPS) is 4.91. The fourth-order valence-corrected chi connectivity index (χ4v) is 0. The average Bonchev–Trinajstić information content (AvgIpc) is 1.89. The average molecular weight is 205 g/mol. The minimum atomic E-state index is -1.22. The number of terminal acetylenes is 2. The van der Waals surface area contributed by atoms with Gasteiger partial charge in [0.1, 0.15) is 0 Å². The largest absolute Gasteiger partial charge is 0.472 e. The molecule has 0 amide bonds. The van der Waals surface area contributed by atoms with Crippen LogP contribution in [0.2, 0.25) is 0 Å². The van der Waals surface area contributed by atoms with Crippen molar-refractivity contribution in [1.29, 1.82) is 0 Å². The molecule has 2 N–H and O–H groups in total. The summed E-state index contributed by atoms with van der Waals surface area (Å²) in [7, 11) is 0. The quantitative estimate of drug-likeness (QED) is 0.409. The monoisotopic (exact) mass is 204 g/mol. The molecule has 0 saturated heterocycles. The smallest absolute Gasteiger partial charge is 0.381 e. The molecule has 0 unspecified atom stereocenters. The summed E-state index contributed by atoms with van der Waals surface area (Å²) in [4.78, 5) is 18.3. The summed E-state index contributed by atoms with van der Waals surface area (Å²) in [5.41, 5.74) is 0. The molecule has 0 atom stereocenters. The second kappa shape index (κ2) is 11.5. The Balaban J connectivity index is -0.000000107. The van der Waals surface area contributed by atoms with Crippen molar-refractivity contribution < 1.29 is 39.3 Å². The molecule has 0 saturated carbocycles. The number of aliphatic carboxylic acids is 2. The Morgan fingerprint density at radius 3 is 1.09 bits per heavy atom. The SMILES string of the molecule is C#CC(=O)O.C#CC(=O)O.[Zn]. The third kappa shape index (κ3) is 53.9. The molecule has 0 rings (SSSR count). The van der Waals surface area contributed by atoms with E-state index in [4.69, 9.17) is 19.8 Å². The molecule has 0 spiro atoms. The molecule has 5 heteroatoms. The van der Waals surface area contributed by atoms with E-state index in [9.17, 15) is 0 Å². The molecule has 11 heavy (non-hydrogen) atoms. The number of carbonyl (C=O) groups is 2. The Hall–Kier alpha value is -1.32. The molecular weight excluding hydrogens is 201 g/mol. The van der Waals surface area contributed by atoms with E-state index in [2.05, 4.69) is 12.8 Å². The molecule has 0 heterocycles. The van der Waals surface area contributed by atoms with Gasteiger partial charge in [-0.15, -0.1) is 12.8 Å². The van der Waals surface area contributed by atoms with Crippen molar-refractivity contribution in [2.24, 2.45) is 0 Å². The van der Waals surface area contributed by atoms with Crippen LogP contribution in [0, 0.1) is 24.7 Å². The van der Waals surface area contributed by atoms with Crippen LogP contribution < -0.4 is 0 Å². The van der Waals surface area contributed by atoms with Gasteiger partial charge in [0, 0.05) is 31.3 Å². The first kappa shape index (κ1) is 16.3. The first-order chi connectivity index (χ1) is 4.54. The van der Waals surface area contributed by atoms with Gasteiger partial charge in [-0.3, -0.25) is 0 Å². The third-order valence-electron chi connectivity index (χ3n) is 0.247. The summed E-state index contributed by atoms with van der Waals surface area (Å²) in [5, 5.41) is 15.0. The molecule has 4 nitrogen and oxygen atoms in total. The van der Waals surface area contributed by atoms with Gasteiger partial charge >= 0.3 is 11.9 Å². The van der Waals surface area contributed by atoms with Gasteiger partial charge in [0.15, 0.2) is 0 Å². The van der Waals surface area contributed by atoms with E-state index in [0.29, 0.717) is 0 Å². The molecule has 0 aromatic carbocycles. The van der Waals surface area contributed by atoms with Crippen LogP contribution in [0.4, 0.5) is 0 Å². The van der Waals surface area contributed by atoms with Crippen LogP contribution in [0.3, 0.4) is 0 Å². The van der Waals surface area contributed by atoms with Crippen molar-refractivity contribution in [2.45, 2.75) is 0 Å². The predicted molar refractivity (Wildman–Crippen MR) is 32.9 cm³/mol. The summed E-state index contributed by atoms with van der Waals surface area (Å²) < 4.78 is 0. The maximum atomic E-state index is 9.13. The Morgan fingerprint density at radius 1 is 1.00 bits per heavy atom. The summed E-state index contributed by atoms with van der Waals surface area (Å²) in [6, 6.07) is 0. The van der Waals surface area contributed by atoms with Crippen LogP contribution in [0.5, 0.6) is 0 Å². The van der Waals surface area contributed by atoms with Gasteiger partial charge in [0.05, 0.1) is 0 Å². The topological polar surface area (TPSA) is 74.6 Å². The van der Waals surface area contributed by atoms with Gasteiger partial charge in [0.25, 0.3) is 0 Å². The van der Waals surface area contributed by atoms with Crippen LogP contribution in [0.1, 0.15) is 0 Å². The van der Waals surface area contributed by atoms with E-state index in [1.807, 2.05) is 0 Å². The standard InChI is InChI=1S/2C3H2O2.Zn/c2*1-2-3(4)5;/h2*1H,(H,4,5);. The third-order valence-corrected chi connectivity index (χ3v) is 0.247. The first-order valence-corrected chi connectivity index (χ1v) is 1.93. The van der Waals surface area contributed by atoms with E-state index in [-0.39, 0.29) is 19.5 Å². The molecule has 0 fully saturated rings. The molecule has 0 aliphatic carbocycles. The number of carboxylic acids is 2. The van der Waals surface area contributed by atoms with Crippen molar-refractivity contribution in [3.63, 3.8) is 0 Å². The fraction of sp³-hybridized carbons (Fsp3) is 0. The molecule has 54 valence electrons. The molecule has 0 aliphatic rings. The Labute approximate surface area is 76.4 Å². The van der Waals surface area contributed by atoms with Gasteiger partial charge in [-0.05, 0) is 0 Å². The zero-order valence-corrected chi connectivity index (χ0v) is 8.54. The molecule has 0 aromatic heterocycles. The van der Waals surface area contributed by atoms with Crippen molar-refractivity contribution >= 4 is 11.9 Å². The van der Waals surface area contributed by atoms with E-state index >= 15 is 0 Å². The Morgan fingerprint density at radius 2 is 1.09 bits per heavy atom. The molecule has 0 aromatic rings. The Bertz CT molecular complexity index is 184. The predicted octanol–water partition coefficient (Wildman–Crippen LogP) is -0.594. The van der Waals surface area contributed by atoms with Crippen LogP contribution in [-0.4, -0.2) is 22.2 Å².